The van der Waals surface area contributed by atoms with Gasteiger partial charge in [0.15, 0.2) is 0 Å². The highest BCUT2D eigenvalue weighted by molar-refractivity contribution is 6.06. The first kappa shape index (κ1) is 24.6. The van der Waals surface area contributed by atoms with Crippen LogP contribution in [-0.2, 0) is 16.8 Å². The minimum absolute atomic E-state index is 0.0133. The number of hydrogen-bond donors (Lipinski definition) is 2. The number of likely N-dealkylation sites (N-methyl/N-ethyl adjacent to an activating group) is 1. The second-order valence-corrected chi connectivity index (χ2v) is 9.76. The van der Waals surface area contributed by atoms with Crippen LogP contribution in [0.3, 0.4) is 0 Å². The molecule has 0 atom stereocenters. The van der Waals surface area contributed by atoms with Gasteiger partial charge in [-0.2, -0.15) is 10.1 Å². The van der Waals surface area contributed by atoms with Crippen molar-refractivity contribution in [2.75, 3.05) is 39.0 Å². The van der Waals surface area contributed by atoms with E-state index in [1.807, 2.05) is 36.2 Å². The van der Waals surface area contributed by atoms with Crippen LogP contribution in [-0.4, -0.2) is 80.4 Å². The number of amidine groups is 1. The van der Waals surface area contributed by atoms with Crippen molar-refractivity contribution in [3.05, 3.63) is 60.2 Å². The van der Waals surface area contributed by atoms with Crippen molar-refractivity contribution in [3.8, 4) is 11.1 Å². The Balaban J connectivity index is 1.27. The molecule has 37 heavy (non-hydrogen) atoms. The van der Waals surface area contributed by atoms with Gasteiger partial charge < -0.3 is 21.3 Å². The lowest BCUT2D eigenvalue weighted by atomic mass is 9.63. The van der Waals surface area contributed by atoms with Crippen molar-refractivity contribution in [1.82, 2.24) is 29.5 Å². The third-order valence-electron chi connectivity index (χ3n) is 7.40. The topological polar surface area (TPSA) is 149 Å². The number of carbonyl (C=O) groups excluding carboxylic acids is 2. The number of aliphatic imine (C=N–C) groups is 1. The molecule has 3 heterocycles. The van der Waals surface area contributed by atoms with Crippen LogP contribution in [0, 0.1) is 0 Å². The van der Waals surface area contributed by atoms with Gasteiger partial charge in [-0.3, -0.25) is 14.3 Å². The van der Waals surface area contributed by atoms with Gasteiger partial charge in [-0.1, -0.05) is 30.7 Å². The fourth-order valence-corrected chi connectivity index (χ4v) is 4.83. The second-order valence-electron chi connectivity index (χ2n) is 9.76. The van der Waals surface area contributed by atoms with E-state index >= 15 is 0 Å². The van der Waals surface area contributed by atoms with Gasteiger partial charge >= 0.3 is 0 Å². The average Bonchev–Trinajstić information content (AvgIpc) is 3.33. The molecule has 5 rings (SSSR count). The Morgan fingerprint density at radius 3 is 2.30 bits per heavy atom. The number of aromatic nitrogens is 4. The highest BCUT2D eigenvalue weighted by Crippen LogP contribution is 2.44. The van der Waals surface area contributed by atoms with Crippen molar-refractivity contribution in [1.29, 1.82) is 0 Å². The molecule has 3 aromatic rings. The summed E-state index contributed by atoms with van der Waals surface area (Å²) < 4.78 is 1.48. The molecule has 1 aromatic carbocycles. The molecule has 0 radical (unpaired) electrons. The highest BCUT2D eigenvalue weighted by Gasteiger charge is 2.43. The van der Waals surface area contributed by atoms with E-state index in [2.05, 4.69) is 25.0 Å². The van der Waals surface area contributed by atoms with Crippen LogP contribution in [0.1, 0.15) is 35.2 Å². The normalized spacial score (nSPS) is 17.9. The number of benzene rings is 1. The van der Waals surface area contributed by atoms with E-state index < -0.39 is 11.3 Å². The van der Waals surface area contributed by atoms with Crippen LogP contribution in [0.5, 0.6) is 0 Å². The molecule has 0 bridgehead atoms. The predicted molar refractivity (Wildman–Crippen MR) is 140 cm³/mol. The van der Waals surface area contributed by atoms with Crippen LogP contribution < -0.4 is 11.5 Å². The summed E-state index contributed by atoms with van der Waals surface area (Å²) in [5.41, 5.74) is 14.7. The minimum Gasteiger partial charge on any atom is -0.386 e. The summed E-state index contributed by atoms with van der Waals surface area (Å²) in [5.74, 6) is 0.0570. The number of nitrogens with two attached hydrogens (primary N) is 2. The summed E-state index contributed by atoms with van der Waals surface area (Å²) in [5, 5.41) is 4.20. The summed E-state index contributed by atoms with van der Waals surface area (Å²) in [6.45, 7) is 3.18. The molecule has 0 unspecified atom stereocenters. The maximum absolute atomic E-state index is 12.9. The largest absolute Gasteiger partial charge is 0.386 e. The van der Waals surface area contributed by atoms with Crippen molar-refractivity contribution >= 4 is 23.6 Å². The van der Waals surface area contributed by atoms with Crippen LogP contribution in [0.25, 0.3) is 11.1 Å². The first-order chi connectivity index (χ1) is 17.8. The number of nitrogens with zero attached hydrogens (tertiary/aromatic N) is 7. The van der Waals surface area contributed by atoms with Crippen molar-refractivity contribution in [3.63, 3.8) is 0 Å². The molecule has 1 saturated heterocycles. The van der Waals surface area contributed by atoms with Crippen LogP contribution in [0.2, 0.25) is 0 Å². The second kappa shape index (κ2) is 10.1. The molecule has 2 fully saturated rings. The molecule has 2 aromatic heterocycles. The Morgan fingerprint density at radius 1 is 1.00 bits per heavy atom. The fraction of sp³-hybridized carbons (Fsp3) is 0.385. The molecule has 1 saturated carbocycles. The number of piperazine rings is 1. The standard InChI is InChI=1S/C26H31N9O2/c1-33-9-11-34(12-10-33)22(36)17-35-16-20(15-31-35)23(37)32-24(27)26(7-2-8-26)21-5-3-18(4-6-21)19-13-29-25(28)30-14-19/h3-6,13-16H,2,7-12,17H2,1H3,(H2,27,32,37)(H2,28,29,30). The van der Waals surface area contributed by atoms with Crippen LogP contribution in [0.15, 0.2) is 54.0 Å². The van der Waals surface area contributed by atoms with Crippen molar-refractivity contribution in [2.24, 2.45) is 10.7 Å². The molecule has 192 valence electrons. The van der Waals surface area contributed by atoms with E-state index in [4.69, 9.17) is 11.5 Å². The quantitative estimate of drug-likeness (QED) is 0.379. The fourth-order valence-electron chi connectivity index (χ4n) is 4.83. The van der Waals surface area contributed by atoms with Gasteiger partial charge in [0.2, 0.25) is 11.9 Å². The van der Waals surface area contributed by atoms with Gasteiger partial charge in [-0.05, 0) is 31.0 Å². The summed E-state index contributed by atoms with van der Waals surface area (Å²) in [4.78, 5) is 41.9. The van der Waals surface area contributed by atoms with E-state index in [1.54, 1.807) is 18.6 Å². The Bertz CT molecular complexity index is 1300. The van der Waals surface area contributed by atoms with E-state index in [1.165, 1.54) is 10.9 Å². The first-order valence-corrected chi connectivity index (χ1v) is 12.4. The van der Waals surface area contributed by atoms with E-state index in [0.717, 1.165) is 49.0 Å². The lowest BCUT2D eigenvalue weighted by Gasteiger charge is -2.41. The molecule has 2 aliphatic rings. The third-order valence-corrected chi connectivity index (χ3v) is 7.40. The Morgan fingerprint density at radius 2 is 1.68 bits per heavy atom. The molecule has 1 aliphatic carbocycles. The van der Waals surface area contributed by atoms with Gasteiger partial charge in [-0.25, -0.2) is 9.97 Å². The maximum atomic E-state index is 12.9. The van der Waals surface area contributed by atoms with Gasteiger partial charge in [0.1, 0.15) is 12.4 Å². The number of nitrogen functional groups attached to an aromatic ring is 1. The summed E-state index contributed by atoms with van der Waals surface area (Å²) >= 11 is 0. The monoisotopic (exact) mass is 501 g/mol. The van der Waals surface area contributed by atoms with Gasteiger partial charge in [0.05, 0.1) is 17.2 Å². The Labute approximate surface area is 215 Å². The van der Waals surface area contributed by atoms with Crippen molar-refractivity contribution in [2.45, 2.75) is 31.2 Å². The average molecular weight is 502 g/mol. The molecule has 2 amide bonds. The third kappa shape index (κ3) is 5.08. The predicted octanol–water partition coefficient (Wildman–Crippen LogP) is 1.32. The molecule has 1 aliphatic heterocycles. The number of hydrogen-bond acceptors (Lipinski definition) is 7. The van der Waals surface area contributed by atoms with E-state index in [9.17, 15) is 9.59 Å². The summed E-state index contributed by atoms with van der Waals surface area (Å²) in [7, 11) is 2.04. The molecule has 11 nitrogen and oxygen atoms in total. The zero-order valence-corrected chi connectivity index (χ0v) is 20.9. The Kier molecular flexibility index (Phi) is 6.70. The van der Waals surface area contributed by atoms with Crippen LogP contribution in [0.4, 0.5) is 5.95 Å². The summed E-state index contributed by atoms with van der Waals surface area (Å²) in [6, 6.07) is 8.00. The van der Waals surface area contributed by atoms with E-state index in [0.29, 0.717) is 24.5 Å². The van der Waals surface area contributed by atoms with Gasteiger partial charge in [0.25, 0.3) is 5.91 Å². The highest BCUT2D eigenvalue weighted by atomic mass is 16.2. The Hall–Kier alpha value is -4.12. The van der Waals surface area contributed by atoms with E-state index in [-0.39, 0.29) is 18.4 Å². The molecular weight excluding hydrogens is 470 g/mol. The smallest absolute Gasteiger partial charge is 0.281 e. The number of carbonyl (C=O) groups is 2. The number of rotatable bonds is 6. The molecular formula is C26H31N9O2. The zero-order chi connectivity index (χ0) is 26.0. The molecule has 0 spiro atoms. The summed E-state index contributed by atoms with van der Waals surface area (Å²) in [6.07, 6.45) is 9.01. The van der Waals surface area contributed by atoms with Gasteiger partial charge in [0, 0.05) is 50.3 Å². The lowest BCUT2D eigenvalue weighted by Crippen LogP contribution is -2.48. The van der Waals surface area contributed by atoms with Crippen LogP contribution >= 0.6 is 0 Å². The maximum Gasteiger partial charge on any atom is 0.281 e. The minimum atomic E-state index is -0.473. The van der Waals surface area contributed by atoms with Crippen molar-refractivity contribution < 1.29 is 9.59 Å². The number of anilines is 1. The molecule has 4 N–H and O–H groups in total. The lowest BCUT2D eigenvalue weighted by molar-refractivity contribution is -0.133. The first-order valence-electron chi connectivity index (χ1n) is 12.4. The van der Waals surface area contributed by atoms with Gasteiger partial charge in [-0.15, -0.1) is 0 Å². The zero-order valence-electron chi connectivity index (χ0n) is 20.9. The number of amides is 2. The SMILES string of the molecule is CN1CCN(C(=O)Cn2cc(C(=O)N=C(N)C3(c4ccc(-c5cnc(N)nc5)cc4)CCC3)cn2)CC1. The molecule has 11 heteroatoms.